The predicted molar refractivity (Wildman–Crippen MR) is 54.3 cm³/mol. The molecule has 3 nitrogen and oxygen atoms in total. The molecule has 4 heteroatoms. The van der Waals surface area contributed by atoms with Crippen molar-refractivity contribution in [2.24, 2.45) is 0 Å². The third kappa shape index (κ3) is 1.25. The van der Waals surface area contributed by atoms with Crippen LogP contribution in [-0.2, 0) is 0 Å². The molecule has 2 aliphatic heterocycles. The van der Waals surface area contributed by atoms with Gasteiger partial charge in [-0.05, 0) is 6.42 Å². The lowest BCUT2D eigenvalue weighted by atomic mass is 10.2. The van der Waals surface area contributed by atoms with Gasteiger partial charge in [-0.2, -0.15) is 0 Å². The van der Waals surface area contributed by atoms with Gasteiger partial charge in [0.1, 0.15) is 0 Å². The molecule has 1 aromatic rings. The summed E-state index contributed by atoms with van der Waals surface area (Å²) in [5, 5.41) is 3.28. The summed E-state index contributed by atoms with van der Waals surface area (Å²) in [7, 11) is 0. The van der Waals surface area contributed by atoms with Gasteiger partial charge in [0, 0.05) is 43.8 Å². The Morgan fingerprint density at radius 3 is 3.23 bits per heavy atom. The van der Waals surface area contributed by atoms with Crippen molar-refractivity contribution in [1.82, 2.24) is 9.88 Å². The van der Waals surface area contributed by atoms with Crippen LogP contribution in [0, 0.1) is 0 Å². The molecule has 0 saturated carbocycles. The van der Waals surface area contributed by atoms with Crippen molar-refractivity contribution in [3.63, 3.8) is 0 Å². The number of hydrogen-bond acceptors (Lipinski definition) is 4. The van der Waals surface area contributed by atoms with Crippen LogP contribution < -0.4 is 4.90 Å². The Morgan fingerprint density at radius 1 is 1.38 bits per heavy atom. The third-order valence-electron chi connectivity index (χ3n) is 3.01. The Kier molecular flexibility index (Phi) is 1.77. The Hall–Kier alpha value is -0.610. The predicted octanol–water partition coefficient (Wildman–Crippen LogP) is 1.04. The molecule has 0 aromatic carbocycles. The van der Waals surface area contributed by atoms with Gasteiger partial charge in [0.15, 0.2) is 5.13 Å². The van der Waals surface area contributed by atoms with Crippen LogP contribution in [-0.4, -0.2) is 42.1 Å². The van der Waals surface area contributed by atoms with E-state index in [0.29, 0.717) is 0 Å². The fourth-order valence-electron chi connectivity index (χ4n) is 2.31. The largest absolute Gasteiger partial charge is 0.342 e. The van der Waals surface area contributed by atoms with Crippen LogP contribution in [0.2, 0.25) is 0 Å². The molecule has 1 aromatic heterocycles. The van der Waals surface area contributed by atoms with Gasteiger partial charge in [0.05, 0.1) is 0 Å². The second-order valence-electron chi connectivity index (χ2n) is 3.75. The first-order valence-corrected chi connectivity index (χ1v) is 5.70. The van der Waals surface area contributed by atoms with E-state index < -0.39 is 0 Å². The Bertz CT molecular complexity index is 285. The Morgan fingerprint density at radius 2 is 2.38 bits per heavy atom. The van der Waals surface area contributed by atoms with Crippen molar-refractivity contribution in [3.8, 4) is 0 Å². The van der Waals surface area contributed by atoms with Gasteiger partial charge in [-0.25, -0.2) is 4.98 Å². The summed E-state index contributed by atoms with van der Waals surface area (Å²) in [5.74, 6) is 0. The molecule has 3 heterocycles. The molecular weight excluding hydrogens is 182 g/mol. The molecule has 2 saturated heterocycles. The molecule has 0 amide bonds. The van der Waals surface area contributed by atoms with Gasteiger partial charge in [0.2, 0.25) is 0 Å². The van der Waals surface area contributed by atoms with Gasteiger partial charge in [-0.15, -0.1) is 11.3 Å². The molecule has 0 aliphatic carbocycles. The molecule has 2 unspecified atom stereocenters. The number of piperazine rings is 1. The average molecular weight is 195 g/mol. The summed E-state index contributed by atoms with van der Waals surface area (Å²) in [5.41, 5.74) is 0. The number of aromatic nitrogens is 1. The molecular formula is C9H13N3S. The van der Waals surface area contributed by atoms with Gasteiger partial charge >= 0.3 is 0 Å². The molecule has 0 radical (unpaired) electrons. The van der Waals surface area contributed by atoms with E-state index in [1.54, 1.807) is 11.3 Å². The van der Waals surface area contributed by atoms with Crippen molar-refractivity contribution < 1.29 is 0 Å². The molecule has 2 atom stereocenters. The van der Waals surface area contributed by atoms with E-state index in [0.717, 1.165) is 12.6 Å². The first-order valence-electron chi connectivity index (χ1n) is 4.82. The highest BCUT2D eigenvalue weighted by molar-refractivity contribution is 7.13. The first-order chi connectivity index (χ1) is 6.43. The minimum absolute atomic E-state index is 0.736. The minimum Gasteiger partial charge on any atom is -0.342 e. The van der Waals surface area contributed by atoms with Crippen LogP contribution in [0.1, 0.15) is 6.42 Å². The van der Waals surface area contributed by atoms with E-state index in [2.05, 4.69) is 20.2 Å². The quantitative estimate of drug-likeness (QED) is 0.667. The number of hydrogen-bond donors (Lipinski definition) is 0. The monoisotopic (exact) mass is 195 g/mol. The maximum atomic E-state index is 4.38. The van der Waals surface area contributed by atoms with E-state index in [9.17, 15) is 0 Å². The van der Waals surface area contributed by atoms with Crippen LogP contribution in [0.5, 0.6) is 0 Å². The van der Waals surface area contributed by atoms with E-state index in [1.807, 2.05) is 6.20 Å². The van der Waals surface area contributed by atoms with Crippen LogP contribution in [0.3, 0.4) is 0 Å². The van der Waals surface area contributed by atoms with E-state index in [4.69, 9.17) is 0 Å². The maximum absolute atomic E-state index is 4.38. The number of thiazole rings is 1. The van der Waals surface area contributed by atoms with Gasteiger partial charge in [0.25, 0.3) is 0 Å². The van der Waals surface area contributed by atoms with Gasteiger partial charge in [-0.3, -0.25) is 4.90 Å². The molecule has 2 fully saturated rings. The Balaban J connectivity index is 1.84. The van der Waals surface area contributed by atoms with Crippen molar-refractivity contribution >= 4 is 16.5 Å². The van der Waals surface area contributed by atoms with Crippen LogP contribution >= 0.6 is 11.3 Å². The fourth-order valence-corrected chi connectivity index (χ4v) is 3.05. The summed E-state index contributed by atoms with van der Waals surface area (Å²) in [6, 6.07) is 0.736. The fraction of sp³-hybridized carbons (Fsp3) is 0.667. The number of fused-ring (bicyclic) bond motifs is 2. The van der Waals surface area contributed by atoms with Crippen molar-refractivity contribution in [2.45, 2.75) is 12.5 Å². The summed E-state index contributed by atoms with van der Waals surface area (Å²) in [6.45, 7) is 4.92. The molecule has 0 N–H and O–H groups in total. The van der Waals surface area contributed by atoms with E-state index >= 15 is 0 Å². The smallest absolute Gasteiger partial charge is 0.185 e. The highest BCUT2D eigenvalue weighted by atomic mass is 32.1. The first kappa shape index (κ1) is 7.76. The molecule has 0 spiro atoms. The number of nitrogens with zero attached hydrogens (tertiary/aromatic N) is 3. The molecule has 13 heavy (non-hydrogen) atoms. The summed E-state index contributed by atoms with van der Waals surface area (Å²) < 4.78 is 0. The van der Waals surface area contributed by atoms with Crippen LogP contribution in [0.25, 0.3) is 0 Å². The normalized spacial score (nSPS) is 32.5. The van der Waals surface area contributed by atoms with Crippen molar-refractivity contribution in [1.29, 1.82) is 0 Å². The standard InChI is InChI=1S/C9H13N3S/c1-3-11-4-5-12(8(1)7-11)9-10-2-6-13-9/h2,6,8H,1,3-5,7H2. The van der Waals surface area contributed by atoms with Crippen LogP contribution in [0.15, 0.2) is 11.6 Å². The van der Waals surface area contributed by atoms with Crippen molar-refractivity contribution in [3.05, 3.63) is 11.6 Å². The average Bonchev–Trinajstić information content (AvgIpc) is 2.77. The maximum Gasteiger partial charge on any atom is 0.185 e. The highest BCUT2D eigenvalue weighted by Gasteiger charge is 2.33. The second kappa shape index (κ2) is 2.96. The lowest BCUT2D eigenvalue weighted by Crippen LogP contribution is -2.46. The highest BCUT2D eigenvalue weighted by Crippen LogP contribution is 2.27. The zero-order chi connectivity index (χ0) is 8.67. The van der Waals surface area contributed by atoms with Crippen molar-refractivity contribution in [2.75, 3.05) is 31.1 Å². The molecule has 2 aliphatic rings. The van der Waals surface area contributed by atoms with Gasteiger partial charge in [-0.1, -0.05) is 0 Å². The lowest BCUT2D eigenvalue weighted by molar-refractivity contribution is 0.310. The van der Waals surface area contributed by atoms with Crippen LogP contribution in [0.4, 0.5) is 5.13 Å². The SMILES string of the molecule is c1csc(N2CCN3CCC2C3)n1. The summed E-state index contributed by atoms with van der Waals surface area (Å²) >= 11 is 1.76. The topological polar surface area (TPSA) is 19.4 Å². The molecule has 3 rings (SSSR count). The number of anilines is 1. The minimum atomic E-state index is 0.736. The third-order valence-corrected chi connectivity index (χ3v) is 3.82. The number of rotatable bonds is 1. The summed E-state index contributed by atoms with van der Waals surface area (Å²) in [6.07, 6.45) is 3.22. The molecule has 2 bridgehead atoms. The van der Waals surface area contributed by atoms with E-state index in [1.165, 1.54) is 31.2 Å². The zero-order valence-corrected chi connectivity index (χ0v) is 8.33. The van der Waals surface area contributed by atoms with E-state index in [-0.39, 0.29) is 0 Å². The lowest BCUT2D eigenvalue weighted by Gasteiger charge is -2.34. The second-order valence-corrected chi connectivity index (χ2v) is 4.62. The zero-order valence-electron chi connectivity index (χ0n) is 7.52. The summed E-state index contributed by atoms with van der Waals surface area (Å²) in [4.78, 5) is 9.41. The molecule has 70 valence electrons. The Labute approximate surface area is 82.0 Å². The van der Waals surface area contributed by atoms with Gasteiger partial charge < -0.3 is 4.90 Å².